The van der Waals surface area contributed by atoms with Crippen LogP contribution in [0.1, 0.15) is 45.9 Å². The molecule has 0 saturated heterocycles. The first-order valence-electron chi connectivity index (χ1n) is 7.70. The van der Waals surface area contributed by atoms with Crippen molar-refractivity contribution in [1.29, 1.82) is 0 Å². The van der Waals surface area contributed by atoms with Gasteiger partial charge in [0.25, 0.3) is 5.91 Å². The van der Waals surface area contributed by atoms with Crippen molar-refractivity contribution < 1.29 is 4.79 Å². The standard InChI is InChI=1S/C17H21N3OS/c1-11-15(17(18-2)22-20-11)16(21)19-10-13-8-5-7-12-6-3-4-9-14(12)13/h3-4,6,9,13,18H,5,7-8,10H2,1-2H3,(H,19,21). The maximum absolute atomic E-state index is 12.5. The zero-order valence-electron chi connectivity index (χ0n) is 13.0. The molecule has 1 aromatic carbocycles. The molecule has 1 amide bonds. The summed E-state index contributed by atoms with van der Waals surface area (Å²) >= 11 is 1.33. The average Bonchev–Trinajstić information content (AvgIpc) is 2.93. The van der Waals surface area contributed by atoms with Gasteiger partial charge >= 0.3 is 0 Å². The van der Waals surface area contributed by atoms with Gasteiger partial charge in [-0.1, -0.05) is 24.3 Å². The van der Waals surface area contributed by atoms with Crippen molar-refractivity contribution in [2.45, 2.75) is 32.1 Å². The second-order valence-electron chi connectivity index (χ2n) is 5.72. The molecule has 5 heteroatoms. The fourth-order valence-electron chi connectivity index (χ4n) is 3.18. The first-order valence-corrected chi connectivity index (χ1v) is 8.48. The van der Waals surface area contributed by atoms with Crippen LogP contribution in [0.2, 0.25) is 0 Å². The highest BCUT2D eigenvalue weighted by atomic mass is 32.1. The van der Waals surface area contributed by atoms with Crippen LogP contribution < -0.4 is 10.6 Å². The van der Waals surface area contributed by atoms with Gasteiger partial charge in [-0.2, -0.15) is 4.37 Å². The van der Waals surface area contributed by atoms with E-state index in [0.29, 0.717) is 18.0 Å². The molecule has 1 aromatic heterocycles. The van der Waals surface area contributed by atoms with Crippen LogP contribution in [0.5, 0.6) is 0 Å². The molecule has 116 valence electrons. The summed E-state index contributed by atoms with van der Waals surface area (Å²) in [6.45, 7) is 2.57. The van der Waals surface area contributed by atoms with Crippen LogP contribution in [0.25, 0.3) is 0 Å². The third-order valence-corrected chi connectivity index (χ3v) is 5.28. The molecule has 0 saturated carbocycles. The van der Waals surface area contributed by atoms with Crippen LogP contribution in [0, 0.1) is 6.92 Å². The third kappa shape index (κ3) is 2.86. The Morgan fingerprint density at radius 1 is 1.41 bits per heavy atom. The maximum Gasteiger partial charge on any atom is 0.256 e. The van der Waals surface area contributed by atoms with Crippen LogP contribution in [0.15, 0.2) is 24.3 Å². The number of amides is 1. The lowest BCUT2D eigenvalue weighted by Crippen LogP contribution is -2.30. The molecule has 1 atom stereocenters. The zero-order valence-corrected chi connectivity index (χ0v) is 13.8. The van der Waals surface area contributed by atoms with Crippen molar-refractivity contribution in [1.82, 2.24) is 9.69 Å². The van der Waals surface area contributed by atoms with Crippen LogP contribution in [-0.4, -0.2) is 23.9 Å². The Morgan fingerprint density at radius 2 is 2.23 bits per heavy atom. The molecule has 0 aliphatic heterocycles. The number of carbonyl (C=O) groups excluding carboxylic acids is 1. The van der Waals surface area contributed by atoms with Crippen LogP contribution in [0.3, 0.4) is 0 Å². The van der Waals surface area contributed by atoms with Gasteiger partial charge in [0, 0.05) is 19.5 Å². The van der Waals surface area contributed by atoms with Gasteiger partial charge < -0.3 is 10.6 Å². The summed E-state index contributed by atoms with van der Waals surface area (Å²) in [6.07, 6.45) is 3.48. The van der Waals surface area contributed by atoms with E-state index in [1.165, 1.54) is 29.1 Å². The number of fused-ring (bicyclic) bond motifs is 1. The van der Waals surface area contributed by atoms with Gasteiger partial charge in [0.2, 0.25) is 0 Å². The monoisotopic (exact) mass is 315 g/mol. The molecular weight excluding hydrogens is 294 g/mol. The number of hydrogen-bond acceptors (Lipinski definition) is 4. The molecular formula is C17H21N3OS. The third-order valence-electron chi connectivity index (χ3n) is 4.32. The van der Waals surface area contributed by atoms with Crippen molar-refractivity contribution >= 4 is 22.4 Å². The number of hydrogen-bond donors (Lipinski definition) is 2. The lowest BCUT2D eigenvalue weighted by Gasteiger charge is -2.25. The number of anilines is 1. The first-order chi connectivity index (χ1) is 10.7. The predicted molar refractivity (Wildman–Crippen MR) is 90.9 cm³/mol. The van der Waals surface area contributed by atoms with Gasteiger partial charge in [-0.3, -0.25) is 4.79 Å². The predicted octanol–water partition coefficient (Wildman–Crippen LogP) is 3.34. The minimum atomic E-state index is -0.0290. The molecule has 2 N–H and O–H groups in total. The summed E-state index contributed by atoms with van der Waals surface area (Å²) in [5.74, 6) is 0.387. The number of nitrogens with one attached hydrogen (secondary N) is 2. The number of aryl methyl sites for hydroxylation is 2. The largest absolute Gasteiger partial charge is 0.378 e. The van der Waals surface area contributed by atoms with E-state index >= 15 is 0 Å². The van der Waals surface area contributed by atoms with E-state index in [9.17, 15) is 4.79 Å². The minimum Gasteiger partial charge on any atom is -0.378 e. The quantitative estimate of drug-likeness (QED) is 0.910. The van der Waals surface area contributed by atoms with Crippen molar-refractivity contribution in [2.24, 2.45) is 0 Å². The highest BCUT2D eigenvalue weighted by Crippen LogP contribution is 2.31. The summed E-state index contributed by atoms with van der Waals surface area (Å²) in [6, 6.07) is 8.58. The van der Waals surface area contributed by atoms with E-state index in [1.807, 2.05) is 14.0 Å². The molecule has 0 fully saturated rings. The number of nitrogens with zero attached hydrogens (tertiary/aromatic N) is 1. The summed E-state index contributed by atoms with van der Waals surface area (Å²) in [5, 5.41) is 6.98. The van der Waals surface area contributed by atoms with Gasteiger partial charge in [0.1, 0.15) is 5.00 Å². The van der Waals surface area contributed by atoms with Crippen LogP contribution in [-0.2, 0) is 6.42 Å². The van der Waals surface area contributed by atoms with Crippen molar-refractivity contribution in [2.75, 3.05) is 18.9 Å². The second-order valence-corrected chi connectivity index (χ2v) is 6.49. The molecule has 0 bridgehead atoms. The smallest absolute Gasteiger partial charge is 0.256 e. The van der Waals surface area contributed by atoms with E-state index in [1.54, 1.807) is 0 Å². The minimum absolute atomic E-state index is 0.0290. The summed E-state index contributed by atoms with van der Waals surface area (Å²) < 4.78 is 4.26. The van der Waals surface area contributed by atoms with Crippen molar-refractivity contribution in [3.8, 4) is 0 Å². The Balaban J connectivity index is 1.71. The van der Waals surface area contributed by atoms with Gasteiger partial charge in [-0.15, -0.1) is 0 Å². The van der Waals surface area contributed by atoms with E-state index in [0.717, 1.165) is 23.5 Å². The van der Waals surface area contributed by atoms with Crippen molar-refractivity contribution in [3.05, 3.63) is 46.6 Å². The molecule has 1 unspecified atom stereocenters. The van der Waals surface area contributed by atoms with E-state index in [4.69, 9.17) is 0 Å². The highest BCUT2D eigenvalue weighted by Gasteiger charge is 2.22. The Kier molecular flexibility index (Phi) is 4.43. The van der Waals surface area contributed by atoms with Crippen molar-refractivity contribution in [3.63, 3.8) is 0 Å². The van der Waals surface area contributed by atoms with E-state index < -0.39 is 0 Å². The molecule has 1 aliphatic carbocycles. The fraction of sp³-hybridized carbons (Fsp3) is 0.412. The van der Waals surface area contributed by atoms with Gasteiger partial charge in [0.05, 0.1) is 11.3 Å². The second kappa shape index (κ2) is 6.48. The van der Waals surface area contributed by atoms with Crippen LogP contribution in [0.4, 0.5) is 5.00 Å². The number of benzene rings is 1. The topological polar surface area (TPSA) is 54.0 Å². The number of aromatic nitrogens is 1. The molecule has 4 nitrogen and oxygen atoms in total. The fourth-order valence-corrected chi connectivity index (χ4v) is 3.92. The molecule has 0 spiro atoms. The Hall–Kier alpha value is -1.88. The number of rotatable bonds is 4. The first kappa shape index (κ1) is 15.0. The number of carbonyl (C=O) groups is 1. The average molecular weight is 315 g/mol. The van der Waals surface area contributed by atoms with Gasteiger partial charge in [-0.25, -0.2) is 0 Å². The summed E-state index contributed by atoms with van der Waals surface area (Å²) in [5.41, 5.74) is 4.29. The van der Waals surface area contributed by atoms with E-state index in [-0.39, 0.29) is 5.91 Å². The molecule has 0 radical (unpaired) electrons. The summed E-state index contributed by atoms with van der Waals surface area (Å²) in [7, 11) is 1.82. The van der Waals surface area contributed by atoms with E-state index in [2.05, 4.69) is 39.3 Å². The normalized spacial score (nSPS) is 16.9. The molecule has 1 aliphatic rings. The zero-order chi connectivity index (χ0) is 15.5. The Labute approximate surface area is 135 Å². The highest BCUT2D eigenvalue weighted by molar-refractivity contribution is 7.10. The van der Waals surface area contributed by atoms with Crippen LogP contribution >= 0.6 is 11.5 Å². The summed E-state index contributed by atoms with van der Waals surface area (Å²) in [4.78, 5) is 12.5. The molecule has 2 aromatic rings. The van der Waals surface area contributed by atoms with Gasteiger partial charge in [-0.05, 0) is 48.8 Å². The SMILES string of the molecule is CNc1snc(C)c1C(=O)NCC1CCCc2ccccc21. The molecule has 22 heavy (non-hydrogen) atoms. The lowest BCUT2D eigenvalue weighted by atomic mass is 9.83. The molecule has 1 heterocycles. The Bertz CT molecular complexity index is 680. The lowest BCUT2D eigenvalue weighted by molar-refractivity contribution is 0.0950. The maximum atomic E-state index is 12.5. The Morgan fingerprint density at radius 3 is 3.05 bits per heavy atom. The molecule has 3 rings (SSSR count). The van der Waals surface area contributed by atoms with Gasteiger partial charge in [0.15, 0.2) is 0 Å².